The van der Waals surface area contributed by atoms with Gasteiger partial charge in [0.15, 0.2) is 22.0 Å². The minimum Gasteiger partial charge on any atom is -0.492 e. The van der Waals surface area contributed by atoms with Gasteiger partial charge in [-0.1, -0.05) is 18.7 Å². The van der Waals surface area contributed by atoms with Gasteiger partial charge in [0.1, 0.15) is 16.7 Å². The number of carbonyl (C=O) groups excluding carboxylic acids is 1. The number of carbonyl (C=O) groups is 1. The molecule has 0 fully saturated rings. The first-order valence-electron chi connectivity index (χ1n) is 10.5. The molecule has 0 aliphatic heterocycles. The summed E-state index contributed by atoms with van der Waals surface area (Å²) in [5.41, 5.74) is 0.0587. The first-order chi connectivity index (χ1) is 15.9. The Morgan fingerprint density at radius 1 is 1.09 bits per heavy atom. The summed E-state index contributed by atoms with van der Waals surface area (Å²) < 4.78 is 28.0. The zero-order chi connectivity index (χ0) is 24.0. The number of methoxy groups -OCH3 is 2. The van der Waals surface area contributed by atoms with Gasteiger partial charge in [-0.3, -0.25) is 4.79 Å². The molecule has 0 radical (unpaired) electrons. The van der Waals surface area contributed by atoms with Crippen LogP contribution < -0.4 is 29.7 Å². The highest BCUT2D eigenvalue weighted by atomic mass is 32.2. The molecule has 0 spiro atoms. The van der Waals surface area contributed by atoms with Crippen LogP contribution in [0.25, 0.3) is 11.0 Å². The Bertz CT molecular complexity index is 1170. The molecule has 9 heteroatoms. The summed E-state index contributed by atoms with van der Waals surface area (Å²) in [6, 6.07) is 9.94. The summed E-state index contributed by atoms with van der Waals surface area (Å²) in [5.74, 6) is 1.44. The molecule has 176 valence electrons. The van der Waals surface area contributed by atoms with E-state index in [9.17, 15) is 9.59 Å². The first-order valence-corrected chi connectivity index (χ1v) is 11.3. The zero-order valence-electron chi connectivity index (χ0n) is 19.2. The molecule has 8 nitrogen and oxygen atoms in total. The summed E-state index contributed by atoms with van der Waals surface area (Å²) in [4.78, 5) is 25.4. The number of hydrogen-bond donors (Lipinski definition) is 1. The van der Waals surface area contributed by atoms with Gasteiger partial charge in [-0.15, -0.1) is 0 Å². The lowest BCUT2D eigenvalue weighted by atomic mass is 10.1. The third-order valence-electron chi connectivity index (χ3n) is 4.41. The molecule has 3 aromatic rings. The highest BCUT2D eigenvalue weighted by Crippen LogP contribution is 2.43. The van der Waals surface area contributed by atoms with Crippen molar-refractivity contribution in [3.05, 3.63) is 46.6 Å². The number of amides is 1. The van der Waals surface area contributed by atoms with Gasteiger partial charge in [-0.25, -0.2) is 4.79 Å². The first kappa shape index (κ1) is 24.3. The number of benzene rings is 2. The van der Waals surface area contributed by atoms with Gasteiger partial charge in [0.2, 0.25) is 5.75 Å². The van der Waals surface area contributed by atoms with Crippen molar-refractivity contribution >= 4 is 28.8 Å². The average Bonchev–Trinajstić information content (AvgIpc) is 2.77. The third kappa shape index (κ3) is 5.92. The Balaban J connectivity index is 1.90. The molecule has 0 unspecified atom stereocenters. The van der Waals surface area contributed by atoms with Crippen molar-refractivity contribution in [1.29, 1.82) is 0 Å². The lowest BCUT2D eigenvalue weighted by Gasteiger charge is -2.17. The second-order valence-corrected chi connectivity index (χ2v) is 8.38. The van der Waals surface area contributed by atoms with E-state index in [2.05, 4.69) is 5.32 Å². The van der Waals surface area contributed by atoms with Gasteiger partial charge < -0.3 is 28.7 Å². The minimum atomic E-state index is -0.499. The molecular weight excluding hydrogens is 446 g/mol. The Kier molecular flexibility index (Phi) is 8.11. The number of ether oxygens (including phenoxy) is 4. The average molecular weight is 474 g/mol. The van der Waals surface area contributed by atoms with E-state index in [4.69, 9.17) is 23.4 Å². The van der Waals surface area contributed by atoms with E-state index in [-0.39, 0.29) is 22.7 Å². The van der Waals surface area contributed by atoms with E-state index in [0.29, 0.717) is 34.5 Å². The van der Waals surface area contributed by atoms with Gasteiger partial charge in [0.05, 0.1) is 20.3 Å². The van der Waals surface area contributed by atoms with Gasteiger partial charge in [0, 0.05) is 23.6 Å². The van der Waals surface area contributed by atoms with Crippen molar-refractivity contribution in [2.24, 2.45) is 0 Å². The molecule has 0 saturated carbocycles. The number of fused-ring (bicyclic) bond motifs is 1. The quantitative estimate of drug-likeness (QED) is 0.450. The van der Waals surface area contributed by atoms with Gasteiger partial charge >= 0.3 is 6.09 Å². The molecule has 2 aromatic carbocycles. The standard InChI is InChI=1S/C24H27NO7S/c1-6-11-25-24(27)31-15-7-9-16(10-8-15)33-20-12-17(26)21-18(32-20)13-19(30-14(2)3)22(28-4)23(21)29-5/h7-10,12-14H,6,11H2,1-5H3,(H,25,27). The molecule has 0 atom stereocenters. The maximum atomic E-state index is 12.9. The van der Waals surface area contributed by atoms with E-state index >= 15 is 0 Å². The monoisotopic (exact) mass is 473 g/mol. The maximum Gasteiger partial charge on any atom is 0.412 e. The minimum absolute atomic E-state index is 0.116. The van der Waals surface area contributed by atoms with Crippen molar-refractivity contribution in [3.8, 4) is 23.0 Å². The van der Waals surface area contributed by atoms with Crippen molar-refractivity contribution in [3.63, 3.8) is 0 Å². The van der Waals surface area contributed by atoms with Crippen LogP contribution in [0.5, 0.6) is 23.0 Å². The second-order valence-electron chi connectivity index (χ2n) is 7.30. The highest BCUT2D eigenvalue weighted by Gasteiger charge is 2.21. The van der Waals surface area contributed by atoms with Crippen molar-refractivity contribution < 1.29 is 28.2 Å². The Morgan fingerprint density at radius 2 is 1.79 bits per heavy atom. The summed E-state index contributed by atoms with van der Waals surface area (Å²) in [5, 5.41) is 3.31. The smallest absolute Gasteiger partial charge is 0.412 e. The Labute approximate surface area is 196 Å². The molecule has 3 rings (SSSR count). The van der Waals surface area contributed by atoms with Gasteiger partial charge in [-0.2, -0.15) is 0 Å². The van der Waals surface area contributed by atoms with Gasteiger partial charge in [0.25, 0.3) is 0 Å². The van der Waals surface area contributed by atoms with Crippen molar-refractivity contribution in [2.45, 2.75) is 43.3 Å². The summed E-state index contributed by atoms with van der Waals surface area (Å²) in [6.07, 6.45) is 0.211. The molecule has 0 aliphatic carbocycles. The third-order valence-corrected chi connectivity index (χ3v) is 5.32. The number of rotatable bonds is 9. The lowest BCUT2D eigenvalue weighted by molar-refractivity contribution is 0.200. The molecule has 1 heterocycles. The molecular formula is C24H27NO7S. The molecule has 0 saturated heterocycles. The SMILES string of the molecule is CCCNC(=O)Oc1ccc(Sc2cc(=O)c3c(OC)c(OC)c(OC(C)C)cc3o2)cc1. The van der Waals surface area contributed by atoms with E-state index in [1.165, 1.54) is 32.0 Å². The largest absolute Gasteiger partial charge is 0.492 e. The van der Waals surface area contributed by atoms with Crippen LogP contribution in [0.2, 0.25) is 0 Å². The predicted octanol–water partition coefficient (Wildman–Crippen LogP) is 5.25. The number of nitrogens with one attached hydrogen (secondary N) is 1. The van der Waals surface area contributed by atoms with Gasteiger partial charge in [-0.05, 0) is 44.5 Å². The lowest BCUT2D eigenvalue weighted by Crippen LogP contribution is -2.27. The number of hydrogen-bond acceptors (Lipinski definition) is 8. The van der Waals surface area contributed by atoms with Crippen LogP contribution in [-0.4, -0.2) is 33.0 Å². The maximum absolute atomic E-state index is 12.9. The van der Waals surface area contributed by atoms with E-state index < -0.39 is 6.09 Å². The highest BCUT2D eigenvalue weighted by molar-refractivity contribution is 7.99. The topological polar surface area (TPSA) is 96.2 Å². The second kappa shape index (κ2) is 11.0. The van der Waals surface area contributed by atoms with Crippen LogP contribution in [-0.2, 0) is 0 Å². The summed E-state index contributed by atoms with van der Waals surface area (Å²) >= 11 is 1.27. The fraction of sp³-hybridized carbons (Fsp3) is 0.333. The van der Waals surface area contributed by atoms with Crippen molar-refractivity contribution in [2.75, 3.05) is 20.8 Å². The predicted molar refractivity (Wildman–Crippen MR) is 126 cm³/mol. The Morgan fingerprint density at radius 3 is 2.39 bits per heavy atom. The van der Waals surface area contributed by atoms with E-state index in [1.54, 1.807) is 30.3 Å². The molecule has 1 N–H and O–H groups in total. The van der Waals surface area contributed by atoms with Crippen LogP contribution >= 0.6 is 11.8 Å². The molecule has 33 heavy (non-hydrogen) atoms. The van der Waals surface area contributed by atoms with Crippen LogP contribution in [0.3, 0.4) is 0 Å². The van der Waals surface area contributed by atoms with Crippen LogP contribution in [0.15, 0.2) is 55.6 Å². The van der Waals surface area contributed by atoms with Crippen molar-refractivity contribution in [1.82, 2.24) is 5.32 Å². The van der Waals surface area contributed by atoms with Crippen LogP contribution in [0, 0.1) is 0 Å². The van der Waals surface area contributed by atoms with E-state index in [1.807, 2.05) is 20.8 Å². The summed E-state index contributed by atoms with van der Waals surface area (Å²) in [6.45, 7) is 6.29. The fourth-order valence-electron chi connectivity index (χ4n) is 3.07. The summed E-state index contributed by atoms with van der Waals surface area (Å²) in [7, 11) is 2.95. The van der Waals surface area contributed by atoms with Crippen LogP contribution in [0.4, 0.5) is 4.79 Å². The molecule has 1 amide bonds. The zero-order valence-corrected chi connectivity index (χ0v) is 20.0. The van der Waals surface area contributed by atoms with E-state index in [0.717, 1.165) is 11.3 Å². The molecule has 0 aliphatic rings. The Hall–Kier alpha value is -3.33. The molecule has 0 bridgehead atoms. The van der Waals surface area contributed by atoms with Crippen LogP contribution in [0.1, 0.15) is 27.2 Å². The molecule has 1 aromatic heterocycles. The fourth-order valence-corrected chi connectivity index (χ4v) is 3.87. The normalized spacial score (nSPS) is 10.8.